The molecule has 0 saturated heterocycles. The molecule has 0 aliphatic carbocycles. The molecule has 2 rings (SSSR count). The fourth-order valence-corrected chi connectivity index (χ4v) is 2.82. The van der Waals surface area contributed by atoms with E-state index in [2.05, 4.69) is 48.3 Å². The summed E-state index contributed by atoms with van der Waals surface area (Å²) in [5.41, 5.74) is 3.10. The van der Waals surface area contributed by atoms with Crippen LogP contribution in [-0.2, 0) is 6.42 Å². The van der Waals surface area contributed by atoms with Crippen molar-refractivity contribution in [3.63, 3.8) is 0 Å². The van der Waals surface area contributed by atoms with Gasteiger partial charge in [0.1, 0.15) is 5.75 Å². The molecule has 0 aliphatic rings. The number of unbranched alkanes of at least 4 members (excludes halogenated alkanes) is 6. The zero-order valence-electron chi connectivity index (χ0n) is 15.8. The number of benzene rings is 1. The van der Waals surface area contributed by atoms with Gasteiger partial charge in [-0.05, 0) is 55.7 Å². The fourth-order valence-electron chi connectivity index (χ4n) is 2.82. The Morgan fingerprint density at radius 3 is 2.12 bits per heavy atom. The van der Waals surface area contributed by atoms with Crippen LogP contribution in [0.15, 0.2) is 36.4 Å². The number of ether oxygens (including phenoxy) is 1. The minimum atomic E-state index is 0.792. The lowest BCUT2D eigenvalue weighted by atomic mass is 10.1. The third-order valence-corrected chi connectivity index (χ3v) is 4.42. The maximum Gasteiger partial charge on any atom is 0.119 e. The van der Waals surface area contributed by atoms with Gasteiger partial charge in [-0.1, -0.05) is 52.4 Å². The Morgan fingerprint density at radius 1 is 0.720 bits per heavy atom. The van der Waals surface area contributed by atoms with Gasteiger partial charge in [-0.15, -0.1) is 0 Å². The maximum atomic E-state index is 5.75. The lowest BCUT2D eigenvalue weighted by molar-refractivity contribution is 0.306. The summed E-state index contributed by atoms with van der Waals surface area (Å²) in [6.45, 7) is 5.24. The molecule has 0 fully saturated rings. The van der Waals surface area contributed by atoms with Crippen LogP contribution in [-0.4, -0.2) is 16.8 Å². The van der Waals surface area contributed by atoms with E-state index in [0.717, 1.165) is 42.1 Å². The van der Waals surface area contributed by atoms with Crippen molar-refractivity contribution >= 4 is 0 Å². The average molecular weight is 341 g/mol. The fraction of sp³-hybridized carbons (Fsp3) is 0.545. The Balaban J connectivity index is 1.80. The van der Waals surface area contributed by atoms with Gasteiger partial charge >= 0.3 is 0 Å². The molecule has 0 aliphatic heterocycles. The van der Waals surface area contributed by atoms with E-state index < -0.39 is 0 Å². The zero-order chi connectivity index (χ0) is 17.7. The molecule has 1 heterocycles. The van der Waals surface area contributed by atoms with Crippen LogP contribution in [0.4, 0.5) is 0 Å². The van der Waals surface area contributed by atoms with E-state index in [1.165, 1.54) is 44.9 Å². The van der Waals surface area contributed by atoms with Crippen LogP contribution < -0.4 is 4.74 Å². The third-order valence-electron chi connectivity index (χ3n) is 4.42. The third kappa shape index (κ3) is 7.25. The molecule has 25 heavy (non-hydrogen) atoms. The van der Waals surface area contributed by atoms with Gasteiger partial charge in [-0.3, -0.25) is 0 Å². The van der Waals surface area contributed by atoms with Gasteiger partial charge in [0.25, 0.3) is 0 Å². The first-order chi connectivity index (χ1) is 12.3. The van der Waals surface area contributed by atoms with Crippen LogP contribution in [0.25, 0.3) is 11.3 Å². The van der Waals surface area contributed by atoms with Crippen molar-refractivity contribution in [1.82, 2.24) is 10.2 Å². The first-order valence-electron chi connectivity index (χ1n) is 9.89. The van der Waals surface area contributed by atoms with Gasteiger partial charge in [0.15, 0.2) is 0 Å². The summed E-state index contributed by atoms with van der Waals surface area (Å²) in [6.07, 6.45) is 11.0. The topological polar surface area (TPSA) is 35.0 Å². The van der Waals surface area contributed by atoms with Crippen molar-refractivity contribution in [3.05, 3.63) is 42.1 Å². The van der Waals surface area contributed by atoms with E-state index >= 15 is 0 Å². The van der Waals surface area contributed by atoms with Gasteiger partial charge in [0, 0.05) is 5.56 Å². The van der Waals surface area contributed by atoms with Crippen LogP contribution in [0.1, 0.15) is 70.9 Å². The number of rotatable bonds is 12. The highest BCUT2D eigenvalue weighted by Crippen LogP contribution is 2.21. The molecule has 0 N–H and O–H groups in total. The molecule has 0 amide bonds. The van der Waals surface area contributed by atoms with Crippen molar-refractivity contribution in [2.75, 3.05) is 6.61 Å². The van der Waals surface area contributed by atoms with Gasteiger partial charge in [-0.25, -0.2) is 0 Å². The van der Waals surface area contributed by atoms with Crippen LogP contribution in [0.3, 0.4) is 0 Å². The lowest BCUT2D eigenvalue weighted by Gasteiger charge is -2.07. The zero-order valence-corrected chi connectivity index (χ0v) is 15.8. The smallest absolute Gasteiger partial charge is 0.119 e. The molecule has 0 saturated carbocycles. The minimum Gasteiger partial charge on any atom is -0.494 e. The molecule has 3 nitrogen and oxygen atoms in total. The SMILES string of the molecule is CCCCCCCc1ccc(-c2ccc(OCCCCC)cc2)nn1. The Kier molecular flexibility index (Phi) is 9.03. The van der Waals surface area contributed by atoms with Crippen LogP contribution >= 0.6 is 0 Å². The predicted molar refractivity (Wildman–Crippen MR) is 105 cm³/mol. The van der Waals surface area contributed by atoms with Gasteiger partial charge in [-0.2, -0.15) is 10.2 Å². The Hall–Kier alpha value is -1.90. The average Bonchev–Trinajstić information content (AvgIpc) is 2.66. The molecule has 136 valence electrons. The van der Waals surface area contributed by atoms with E-state index in [-0.39, 0.29) is 0 Å². The number of nitrogens with zero attached hydrogens (tertiary/aromatic N) is 2. The molecule has 0 spiro atoms. The van der Waals surface area contributed by atoms with Crippen molar-refractivity contribution in [2.24, 2.45) is 0 Å². The second kappa shape index (κ2) is 11.6. The first kappa shape index (κ1) is 19.4. The van der Waals surface area contributed by atoms with Gasteiger partial charge in [0.05, 0.1) is 18.0 Å². The maximum absolute atomic E-state index is 5.75. The Bertz CT molecular complexity index is 578. The van der Waals surface area contributed by atoms with Crippen molar-refractivity contribution < 1.29 is 4.74 Å². The number of hydrogen-bond acceptors (Lipinski definition) is 3. The van der Waals surface area contributed by atoms with Crippen LogP contribution in [0.5, 0.6) is 5.75 Å². The molecule has 0 bridgehead atoms. The molecular formula is C22H32N2O. The first-order valence-corrected chi connectivity index (χ1v) is 9.89. The molecule has 0 radical (unpaired) electrons. The number of aryl methyl sites for hydroxylation is 1. The largest absolute Gasteiger partial charge is 0.494 e. The molecule has 1 aromatic heterocycles. The number of hydrogen-bond donors (Lipinski definition) is 0. The van der Waals surface area contributed by atoms with Gasteiger partial charge in [0.2, 0.25) is 0 Å². The van der Waals surface area contributed by atoms with E-state index in [1.807, 2.05) is 12.1 Å². The predicted octanol–water partition coefficient (Wildman–Crippen LogP) is 6.23. The lowest BCUT2D eigenvalue weighted by Crippen LogP contribution is -1.97. The summed E-state index contributed by atoms with van der Waals surface area (Å²) >= 11 is 0. The molecule has 1 aromatic carbocycles. The molecule has 3 heteroatoms. The molecular weight excluding hydrogens is 308 g/mol. The normalized spacial score (nSPS) is 10.8. The van der Waals surface area contributed by atoms with Crippen molar-refractivity contribution in [3.8, 4) is 17.0 Å². The van der Waals surface area contributed by atoms with E-state index in [1.54, 1.807) is 0 Å². The summed E-state index contributed by atoms with van der Waals surface area (Å²) in [4.78, 5) is 0. The summed E-state index contributed by atoms with van der Waals surface area (Å²) in [6, 6.07) is 12.3. The molecule has 2 aromatic rings. The second-order valence-electron chi connectivity index (χ2n) is 6.65. The Morgan fingerprint density at radius 2 is 1.44 bits per heavy atom. The highest BCUT2D eigenvalue weighted by Gasteiger charge is 2.03. The summed E-state index contributed by atoms with van der Waals surface area (Å²) in [7, 11) is 0. The highest BCUT2D eigenvalue weighted by atomic mass is 16.5. The molecule has 0 unspecified atom stereocenters. The quantitative estimate of drug-likeness (QED) is 0.430. The van der Waals surface area contributed by atoms with E-state index in [0.29, 0.717) is 0 Å². The van der Waals surface area contributed by atoms with Crippen LogP contribution in [0.2, 0.25) is 0 Å². The Labute approximate surface area is 152 Å². The highest BCUT2D eigenvalue weighted by molar-refractivity contribution is 5.59. The van der Waals surface area contributed by atoms with Gasteiger partial charge < -0.3 is 4.74 Å². The van der Waals surface area contributed by atoms with Crippen molar-refractivity contribution in [2.45, 2.75) is 71.6 Å². The van der Waals surface area contributed by atoms with E-state index in [4.69, 9.17) is 4.74 Å². The second-order valence-corrected chi connectivity index (χ2v) is 6.65. The standard InChI is InChI=1S/C22H32N2O/c1-3-5-7-8-9-11-20-14-17-22(24-23-20)19-12-15-21(16-13-19)25-18-10-6-4-2/h12-17H,3-11,18H2,1-2H3. The summed E-state index contributed by atoms with van der Waals surface area (Å²) in [5, 5.41) is 8.77. The van der Waals surface area contributed by atoms with E-state index in [9.17, 15) is 0 Å². The number of aromatic nitrogens is 2. The monoisotopic (exact) mass is 340 g/mol. The summed E-state index contributed by atoms with van der Waals surface area (Å²) in [5.74, 6) is 0.927. The van der Waals surface area contributed by atoms with Crippen molar-refractivity contribution in [1.29, 1.82) is 0 Å². The summed E-state index contributed by atoms with van der Waals surface area (Å²) < 4.78 is 5.75. The minimum absolute atomic E-state index is 0.792. The van der Waals surface area contributed by atoms with Crippen LogP contribution in [0, 0.1) is 0 Å². The molecule has 0 atom stereocenters.